The molecule has 5 rings (SSSR count). The Labute approximate surface area is 243 Å². The highest BCUT2D eigenvalue weighted by molar-refractivity contribution is 7.99. The number of amides is 1. The molecule has 1 fully saturated rings. The molecule has 1 amide bonds. The van der Waals surface area contributed by atoms with Gasteiger partial charge in [0, 0.05) is 36.1 Å². The minimum atomic E-state index is -3.74. The van der Waals surface area contributed by atoms with Crippen molar-refractivity contribution >= 4 is 45.0 Å². The number of nitrogens with zero attached hydrogens (tertiary/aromatic N) is 5. The van der Waals surface area contributed by atoms with Gasteiger partial charge in [0.25, 0.3) is 0 Å². The van der Waals surface area contributed by atoms with Crippen LogP contribution in [0.25, 0.3) is 17.1 Å². The van der Waals surface area contributed by atoms with Gasteiger partial charge in [-0.15, -0.1) is 10.2 Å². The summed E-state index contributed by atoms with van der Waals surface area (Å²) in [6.45, 7) is 4.72. The normalized spacial score (nSPS) is 14.3. The van der Waals surface area contributed by atoms with Crippen molar-refractivity contribution in [2.75, 3.05) is 24.2 Å². The first-order valence-corrected chi connectivity index (χ1v) is 15.7. The maximum atomic E-state index is 13.5. The Morgan fingerprint density at radius 3 is 2.52 bits per heavy atom. The van der Waals surface area contributed by atoms with Crippen molar-refractivity contribution in [2.45, 2.75) is 43.2 Å². The lowest BCUT2D eigenvalue weighted by molar-refractivity contribution is -0.113. The number of hydrogen-bond donors (Lipinski definition) is 1. The number of piperidine rings is 1. The summed E-state index contributed by atoms with van der Waals surface area (Å²) < 4.78 is 30.3. The van der Waals surface area contributed by atoms with Crippen LogP contribution in [-0.4, -0.2) is 57.2 Å². The molecule has 40 heavy (non-hydrogen) atoms. The number of aryl methyl sites for hydroxylation is 1. The molecule has 0 saturated carbocycles. The van der Waals surface area contributed by atoms with Crippen molar-refractivity contribution in [3.05, 3.63) is 77.1 Å². The predicted molar refractivity (Wildman–Crippen MR) is 157 cm³/mol. The lowest BCUT2D eigenvalue weighted by Crippen LogP contribution is -2.36. The van der Waals surface area contributed by atoms with Crippen LogP contribution < -0.4 is 5.32 Å². The summed E-state index contributed by atoms with van der Waals surface area (Å²) in [5.41, 5.74) is 3.52. The number of carbonyl (C=O) groups is 1. The standard InChI is InChI=1S/C28H29ClN6O3S2/c1-19-9-10-23(25(17-19)40(37,38)34-15-4-3-5-16-34)31-26(36)18-39-28-33-32-27(21-11-13-30-14-12-21)35(28)24-8-6-7-22(29)20(24)2/h6-14,17H,3-5,15-16,18H2,1-2H3,(H,31,36). The van der Waals surface area contributed by atoms with E-state index in [2.05, 4.69) is 20.5 Å². The molecule has 2 aromatic carbocycles. The zero-order valence-corrected chi connectivity index (χ0v) is 24.6. The molecule has 0 atom stereocenters. The second kappa shape index (κ2) is 12.1. The van der Waals surface area contributed by atoms with E-state index in [0.717, 1.165) is 41.6 Å². The van der Waals surface area contributed by atoms with Gasteiger partial charge in [0.15, 0.2) is 11.0 Å². The number of halogens is 1. The Hall–Kier alpha value is -3.25. The van der Waals surface area contributed by atoms with Crippen LogP contribution in [0.1, 0.15) is 30.4 Å². The summed E-state index contributed by atoms with van der Waals surface area (Å²) >= 11 is 7.63. The molecular weight excluding hydrogens is 568 g/mol. The molecule has 0 unspecified atom stereocenters. The molecule has 0 radical (unpaired) electrons. The third-order valence-electron chi connectivity index (χ3n) is 6.73. The first-order chi connectivity index (χ1) is 19.3. The van der Waals surface area contributed by atoms with Gasteiger partial charge in [-0.25, -0.2) is 8.42 Å². The Bertz CT molecular complexity index is 1640. The Kier molecular flexibility index (Phi) is 8.55. The Morgan fingerprint density at radius 2 is 1.77 bits per heavy atom. The Morgan fingerprint density at radius 1 is 1.02 bits per heavy atom. The fraction of sp³-hybridized carbons (Fsp3) is 0.286. The van der Waals surface area contributed by atoms with E-state index in [4.69, 9.17) is 11.6 Å². The zero-order valence-electron chi connectivity index (χ0n) is 22.2. The van der Waals surface area contributed by atoms with E-state index in [1.165, 1.54) is 16.1 Å². The predicted octanol–water partition coefficient (Wildman–Crippen LogP) is 5.50. The second-order valence-electron chi connectivity index (χ2n) is 9.56. The van der Waals surface area contributed by atoms with Crippen molar-refractivity contribution in [1.82, 2.24) is 24.1 Å². The molecule has 2 aromatic heterocycles. The summed E-state index contributed by atoms with van der Waals surface area (Å²) in [5.74, 6) is 0.224. The van der Waals surface area contributed by atoms with Gasteiger partial charge in [0.2, 0.25) is 15.9 Å². The fourth-order valence-electron chi connectivity index (χ4n) is 4.61. The van der Waals surface area contributed by atoms with Crippen LogP contribution in [0, 0.1) is 13.8 Å². The van der Waals surface area contributed by atoms with Gasteiger partial charge >= 0.3 is 0 Å². The van der Waals surface area contributed by atoms with E-state index in [1.807, 2.05) is 48.7 Å². The summed E-state index contributed by atoms with van der Waals surface area (Å²) in [7, 11) is -3.74. The van der Waals surface area contributed by atoms with E-state index in [1.54, 1.807) is 30.6 Å². The van der Waals surface area contributed by atoms with Crippen LogP contribution in [0.4, 0.5) is 5.69 Å². The maximum Gasteiger partial charge on any atom is 0.245 e. The van der Waals surface area contributed by atoms with E-state index in [0.29, 0.717) is 29.1 Å². The molecule has 1 N–H and O–H groups in total. The SMILES string of the molecule is Cc1ccc(NC(=O)CSc2nnc(-c3ccncc3)n2-c2cccc(Cl)c2C)c(S(=O)(=O)N2CCCCC2)c1. The Balaban J connectivity index is 1.41. The molecule has 0 aliphatic carbocycles. The van der Waals surface area contributed by atoms with Gasteiger partial charge in [-0.1, -0.05) is 41.9 Å². The highest BCUT2D eigenvalue weighted by Crippen LogP contribution is 2.32. The average molecular weight is 597 g/mol. The van der Waals surface area contributed by atoms with Crippen molar-refractivity contribution < 1.29 is 13.2 Å². The van der Waals surface area contributed by atoms with Gasteiger partial charge in [-0.3, -0.25) is 14.3 Å². The van der Waals surface area contributed by atoms with Crippen LogP contribution in [0.5, 0.6) is 0 Å². The highest BCUT2D eigenvalue weighted by Gasteiger charge is 2.29. The molecule has 0 spiro atoms. The molecule has 9 nitrogen and oxygen atoms in total. The summed E-state index contributed by atoms with van der Waals surface area (Å²) in [6, 6.07) is 14.3. The number of aromatic nitrogens is 4. The van der Waals surface area contributed by atoms with Gasteiger partial charge < -0.3 is 5.32 Å². The van der Waals surface area contributed by atoms with E-state index < -0.39 is 10.0 Å². The van der Waals surface area contributed by atoms with Crippen molar-refractivity contribution in [3.63, 3.8) is 0 Å². The quantitative estimate of drug-likeness (QED) is 0.267. The number of benzene rings is 2. The van der Waals surface area contributed by atoms with Crippen LogP contribution in [-0.2, 0) is 14.8 Å². The first kappa shape index (κ1) is 28.3. The molecule has 1 aliphatic heterocycles. The average Bonchev–Trinajstić information content (AvgIpc) is 3.39. The third kappa shape index (κ3) is 5.92. The highest BCUT2D eigenvalue weighted by atomic mass is 35.5. The van der Waals surface area contributed by atoms with Crippen molar-refractivity contribution in [2.24, 2.45) is 0 Å². The third-order valence-corrected chi connectivity index (χ3v) is 10.0. The second-order valence-corrected chi connectivity index (χ2v) is 12.8. The largest absolute Gasteiger partial charge is 0.324 e. The number of hydrogen-bond acceptors (Lipinski definition) is 7. The lowest BCUT2D eigenvalue weighted by atomic mass is 10.2. The molecule has 12 heteroatoms. The number of sulfonamides is 1. The molecule has 1 saturated heterocycles. The molecule has 4 aromatic rings. The first-order valence-electron chi connectivity index (χ1n) is 12.9. The molecule has 208 valence electrons. The molecule has 0 bridgehead atoms. The zero-order chi connectivity index (χ0) is 28.3. The van der Waals surface area contributed by atoms with E-state index in [9.17, 15) is 13.2 Å². The van der Waals surface area contributed by atoms with Crippen LogP contribution in [0.3, 0.4) is 0 Å². The monoisotopic (exact) mass is 596 g/mol. The lowest BCUT2D eigenvalue weighted by Gasteiger charge is -2.27. The van der Waals surface area contributed by atoms with Crippen LogP contribution in [0.2, 0.25) is 5.02 Å². The topological polar surface area (TPSA) is 110 Å². The number of carbonyl (C=O) groups excluding carboxylic acids is 1. The van der Waals surface area contributed by atoms with Gasteiger partial charge in [0.1, 0.15) is 4.90 Å². The smallest absolute Gasteiger partial charge is 0.245 e. The summed E-state index contributed by atoms with van der Waals surface area (Å²) in [4.78, 5) is 17.3. The van der Waals surface area contributed by atoms with Crippen molar-refractivity contribution in [1.29, 1.82) is 0 Å². The van der Waals surface area contributed by atoms with Gasteiger partial charge in [-0.05, 0) is 74.2 Å². The molecule has 3 heterocycles. The molecular formula is C28H29ClN6O3S2. The number of anilines is 1. The van der Waals surface area contributed by atoms with E-state index >= 15 is 0 Å². The summed E-state index contributed by atoms with van der Waals surface area (Å²) in [5, 5.41) is 12.7. The van der Waals surface area contributed by atoms with Gasteiger partial charge in [-0.2, -0.15) is 4.31 Å². The van der Waals surface area contributed by atoms with Crippen LogP contribution >= 0.6 is 23.4 Å². The minimum Gasteiger partial charge on any atom is -0.324 e. The number of pyridine rings is 1. The number of thioether (sulfide) groups is 1. The fourth-order valence-corrected chi connectivity index (χ4v) is 7.28. The minimum absolute atomic E-state index is 0.00876. The van der Waals surface area contributed by atoms with Crippen molar-refractivity contribution in [3.8, 4) is 17.1 Å². The maximum absolute atomic E-state index is 13.5. The van der Waals surface area contributed by atoms with Gasteiger partial charge in [0.05, 0.1) is 17.1 Å². The number of rotatable bonds is 8. The number of nitrogens with one attached hydrogen (secondary N) is 1. The van der Waals surface area contributed by atoms with E-state index in [-0.39, 0.29) is 22.2 Å². The summed E-state index contributed by atoms with van der Waals surface area (Å²) in [6.07, 6.45) is 6.03. The van der Waals surface area contributed by atoms with Crippen LogP contribution in [0.15, 0.2) is 71.0 Å². The molecule has 1 aliphatic rings.